The summed E-state index contributed by atoms with van der Waals surface area (Å²) >= 11 is 1.45. The summed E-state index contributed by atoms with van der Waals surface area (Å²) in [6.45, 7) is -0.0636. The highest BCUT2D eigenvalue weighted by Gasteiger charge is 2.25. The number of nitrogens with two attached hydrogens (primary N) is 2. The van der Waals surface area contributed by atoms with Gasteiger partial charge in [0.15, 0.2) is 0 Å². The molecule has 0 saturated carbocycles. The molecule has 12 heteroatoms. The van der Waals surface area contributed by atoms with E-state index in [0.717, 1.165) is 16.9 Å². The zero-order chi connectivity index (χ0) is 30.8. The number of carbonyl (C=O) groups excluding carboxylic acids is 2. The highest BCUT2D eigenvalue weighted by atomic mass is 32.2. The van der Waals surface area contributed by atoms with Gasteiger partial charge in [0, 0.05) is 48.6 Å². The molecule has 0 aliphatic rings. The lowest BCUT2D eigenvalue weighted by Gasteiger charge is -2.21. The maximum atomic E-state index is 13.7. The largest absolute Gasteiger partial charge is 0.455 e. The lowest BCUT2D eigenvalue weighted by atomic mass is 9.96. The Morgan fingerprint density at radius 3 is 2.35 bits per heavy atom. The van der Waals surface area contributed by atoms with Crippen molar-refractivity contribution in [3.63, 3.8) is 0 Å². The Hall–Kier alpha value is -4.94. The second kappa shape index (κ2) is 12.1. The van der Waals surface area contributed by atoms with Gasteiger partial charge in [-0.2, -0.15) is 0 Å². The zero-order valence-corrected chi connectivity index (χ0v) is 24.3. The molecule has 0 saturated heterocycles. The van der Waals surface area contributed by atoms with E-state index >= 15 is 0 Å². The minimum absolute atomic E-state index is 0.0636. The smallest absolute Gasteiger partial charge is 0.270 e. The van der Waals surface area contributed by atoms with E-state index < -0.39 is 17.5 Å². The third-order valence-corrected chi connectivity index (χ3v) is 7.70. The third kappa shape index (κ3) is 5.87. The number of anilines is 2. The fourth-order valence-corrected chi connectivity index (χ4v) is 5.04. The molecular formula is C31H28F2N6O3S. The number of nitrogens with zero attached hydrogens (tertiary/aromatic N) is 3. The van der Waals surface area contributed by atoms with Crippen molar-refractivity contribution in [2.24, 2.45) is 5.84 Å². The van der Waals surface area contributed by atoms with E-state index in [2.05, 4.69) is 10.3 Å². The molecule has 0 radical (unpaired) electrons. The molecule has 0 atom stereocenters. The number of halogens is 2. The predicted molar refractivity (Wildman–Crippen MR) is 165 cm³/mol. The number of nitrogens with one attached hydrogen (secondary N) is 1. The summed E-state index contributed by atoms with van der Waals surface area (Å²) in [5, 5.41) is 4.15. The first kappa shape index (κ1) is 29.5. The Balaban J connectivity index is 1.64. The summed E-state index contributed by atoms with van der Waals surface area (Å²) in [6, 6.07) is 17.0. The van der Waals surface area contributed by atoms with Crippen LogP contribution in [0.1, 0.15) is 26.4 Å². The van der Waals surface area contributed by atoms with E-state index in [1.54, 1.807) is 30.3 Å². The van der Waals surface area contributed by atoms with Crippen LogP contribution in [0.3, 0.4) is 0 Å². The number of furan rings is 1. The molecule has 5 rings (SSSR count). The Kier molecular flexibility index (Phi) is 8.33. The van der Waals surface area contributed by atoms with E-state index in [1.807, 2.05) is 29.7 Å². The van der Waals surface area contributed by atoms with Gasteiger partial charge in [-0.1, -0.05) is 18.0 Å². The maximum absolute atomic E-state index is 13.7. The molecular weight excluding hydrogens is 574 g/mol. The van der Waals surface area contributed by atoms with Crippen LogP contribution in [0.15, 0.2) is 77.3 Å². The molecule has 5 aromatic rings. The topological polar surface area (TPSA) is 131 Å². The monoisotopic (exact) mass is 602 g/mol. The molecule has 0 aliphatic carbocycles. The van der Waals surface area contributed by atoms with Crippen LogP contribution in [-0.2, 0) is 6.54 Å². The van der Waals surface area contributed by atoms with Gasteiger partial charge in [-0.3, -0.25) is 19.6 Å². The summed E-state index contributed by atoms with van der Waals surface area (Å²) < 4.78 is 35.1. The number of hydrazine groups is 1. The number of aromatic nitrogens is 1. The summed E-state index contributed by atoms with van der Waals surface area (Å²) in [7, 11) is 3.39. The molecule has 0 bridgehead atoms. The first-order chi connectivity index (χ1) is 20.6. The minimum Gasteiger partial charge on any atom is -0.455 e. The Labute approximate surface area is 250 Å². The molecule has 43 heavy (non-hydrogen) atoms. The van der Waals surface area contributed by atoms with Crippen LogP contribution in [0.4, 0.5) is 20.2 Å². The van der Waals surface area contributed by atoms with Gasteiger partial charge in [-0.15, -0.1) is 0 Å². The van der Waals surface area contributed by atoms with Crippen LogP contribution in [0.25, 0.3) is 33.4 Å². The van der Waals surface area contributed by atoms with Crippen molar-refractivity contribution < 1.29 is 22.8 Å². The highest BCUT2D eigenvalue weighted by Crippen LogP contribution is 2.42. The summed E-state index contributed by atoms with van der Waals surface area (Å²) in [6.07, 6.45) is 2.96. The normalized spacial score (nSPS) is 11.0. The van der Waals surface area contributed by atoms with Crippen molar-refractivity contribution in [2.45, 2.75) is 6.54 Å². The van der Waals surface area contributed by atoms with E-state index in [1.165, 1.54) is 43.3 Å². The van der Waals surface area contributed by atoms with Crippen molar-refractivity contribution in [1.82, 2.24) is 15.3 Å². The van der Waals surface area contributed by atoms with Gasteiger partial charge in [-0.05, 0) is 60.2 Å². The number of fused-ring (bicyclic) bond motifs is 1. The van der Waals surface area contributed by atoms with Crippen molar-refractivity contribution in [1.29, 1.82) is 0 Å². The minimum atomic E-state index is -0.556. The van der Waals surface area contributed by atoms with Crippen molar-refractivity contribution in [3.8, 4) is 22.5 Å². The molecule has 2 heterocycles. The Bertz CT molecular complexity index is 1830. The second-order valence-electron chi connectivity index (χ2n) is 9.64. The standard InChI is InChI=1S/C31H28F2N6O3S/c1-36-30(40)28-24-13-22(26(38(2)43-3)14-27(24)42-29(28)17-4-7-19(32)8-5-17)18-6-11-25(34)23(12-18)31(41)39(35)16-21-10-9-20(33)15-37-21/h4-15H,16,34-35H2,1-3H3,(H,36,40). The molecule has 0 spiro atoms. The fourth-order valence-electron chi connectivity index (χ4n) is 4.69. The van der Waals surface area contributed by atoms with Crippen LogP contribution in [0.2, 0.25) is 0 Å². The van der Waals surface area contributed by atoms with Crippen molar-refractivity contribution in [2.75, 3.05) is 30.4 Å². The number of nitrogen functional groups attached to an aromatic ring is 1. The number of hydrogen-bond donors (Lipinski definition) is 3. The van der Waals surface area contributed by atoms with Gasteiger partial charge >= 0.3 is 0 Å². The number of carbonyl (C=O) groups is 2. The number of benzene rings is 3. The zero-order valence-electron chi connectivity index (χ0n) is 23.5. The Morgan fingerprint density at radius 2 is 1.70 bits per heavy atom. The maximum Gasteiger partial charge on any atom is 0.270 e. The van der Waals surface area contributed by atoms with Gasteiger partial charge in [-0.25, -0.2) is 14.6 Å². The molecule has 3 aromatic carbocycles. The molecule has 2 aromatic heterocycles. The summed E-state index contributed by atoms with van der Waals surface area (Å²) in [5.41, 5.74) is 10.3. The number of pyridine rings is 1. The van der Waals surface area contributed by atoms with Gasteiger partial charge in [0.05, 0.1) is 35.2 Å². The molecule has 5 N–H and O–H groups in total. The average molecular weight is 603 g/mol. The molecule has 9 nitrogen and oxygen atoms in total. The molecule has 2 amide bonds. The van der Waals surface area contributed by atoms with Crippen LogP contribution in [0.5, 0.6) is 0 Å². The van der Waals surface area contributed by atoms with E-state index in [0.29, 0.717) is 39.1 Å². The highest BCUT2D eigenvalue weighted by molar-refractivity contribution is 7.99. The third-order valence-electron chi connectivity index (χ3n) is 6.96. The van der Waals surface area contributed by atoms with Gasteiger partial charge in [0.2, 0.25) is 0 Å². The predicted octanol–water partition coefficient (Wildman–Crippen LogP) is 5.61. The van der Waals surface area contributed by atoms with Gasteiger partial charge in [0.25, 0.3) is 11.8 Å². The number of rotatable bonds is 8. The lowest BCUT2D eigenvalue weighted by molar-refractivity contribution is 0.0742. The first-order valence-corrected chi connectivity index (χ1v) is 14.2. The Morgan fingerprint density at radius 1 is 1.00 bits per heavy atom. The first-order valence-electron chi connectivity index (χ1n) is 13.0. The lowest BCUT2D eigenvalue weighted by Crippen LogP contribution is -2.37. The molecule has 220 valence electrons. The summed E-state index contributed by atoms with van der Waals surface area (Å²) in [5.74, 6) is 4.54. The SMILES string of the molecule is CNC(=O)c1c(-c2ccc(F)cc2)oc2cc(N(C)SC)c(-c3ccc(N)c(C(=O)N(N)Cc4ccc(F)cn4)c3)cc12. The van der Waals surface area contributed by atoms with Crippen LogP contribution in [-0.4, -0.2) is 42.2 Å². The van der Waals surface area contributed by atoms with Gasteiger partial charge < -0.3 is 19.8 Å². The quantitative estimate of drug-likeness (QED) is 0.0687. The second-order valence-corrected chi connectivity index (χ2v) is 10.6. The van der Waals surface area contributed by atoms with E-state index in [9.17, 15) is 18.4 Å². The van der Waals surface area contributed by atoms with Crippen molar-refractivity contribution >= 4 is 46.1 Å². The van der Waals surface area contributed by atoms with Crippen LogP contribution in [0, 0.1) is 11.6 Å². The van der Waals surface area contributed by atoms with Crippen molar-refractivity contribution in [3.05, 3.63) is 101 Å². The number of amides is 2. The van der Waals surface area contributed by atoms with E-state index in [4.69, 9.17) is 16.0 Å². The number of hydrogen-bond acceptors (Lipinski definition) is 8. The van der Waals surface area contributed by atoms with Crippen LogP contribution >= 0.6 is 11.9 Å². The average Bonchev–Trinajstić information content (AvgIpc) is 3.39. The molecule has 0 unspecified atom stereocenters. The fraction of sp³-hybridized carbons (Fsp3) is 0.129. The molecule has 0 fully saturated rings. The summed E-state index contributed by atoms with van der Waals surface area (Å²) in [4.78, 5) is 30.5. The van der Waals surface area contributed by atoms with Gasteiger partial charge in [0.1, 0.15) is 23.0 Å². The van der Waals surface area contributed by atoms with Crippen LogP contribution < -0.4 is 21.2 Å². The molecule has 0 aliphatic heterocycles. The van der Waals surface area contributed by atoms with E-state index in [-0.39, 0.29) is 29.3 Å².